The van der Waals surface area contributed by atoms with E-state index in [4.69, 9.17) is 11.0 Å². The van der Waals surface area contributed by atoms with Gasteiger partial charge in [0, 0.05) is 12.7 Å². The van der Waals surface area contributed by atoms with Crippen LogP contribution >= 0.6 is 15.9 Å². The maximum Gasteiger partial charge on any atom is 0.327 e. The molecule has 2 aromatic carbocycles. The fraction of sp³-hybridized carbons (Fsp3) is 0.0556. The van der Waals surface area contributed by atoms with Gasteiger partial charge in [0.2, 0.25) is 5.82 Å². The van der Waals surface area contributed by atoms with Crippen LogP contribution in [0, 0.1) is 17.1 Å². The maximum absolute atomic E-state index is 13.3. The first-order valence-corrected chi connectivity index (χ1v) is 8.85. The molecule has 3 rings (SSSR count). The van der Waals surface area contributed by atoms with Crippen molar-refractivity contribution in [2.45, 2.75) is 0 Å². The first kappa shape index (κ1) is 20.0. The number of amides is 2. The highest BCUT2D eigenvalue weighted by Gasteiger charge is 2.19. The molecule has 0 unspecified atom stereocenters. The second kappa shape index (κ2) is 8.49. The number of benzene rings is 2. The number of urea groups is 1. The maximum atomic E-state index is 13.3. The number of hydrogen-bond donors (Lipinski definition) is 2. The predicted molar refractivity (Wildman–Crippen MR) is 107 cm³/mol. The summed E-state index contributed by atoms with van der Waals surface area (Å²) < 4.78 is 18.2. The lowest BCUT2D eigenvalue weighted by Gasteiger charge is -2.17. The SMILES string of the molecule is CN(C(=O)Nc1nonc1C(N)=Nc1ccc(F)c(Br)c1)c1cccc(C#N)c1. The highest BCUT2D eigenvalue weighted by molar-refractivity contribution is 9.10. The van der Waals surface area contributed by atoms with Crippen molar-refractivity contribution in [3.8, 4) is 6.07 Å². The molecule has 1 heterocycles. The Labute approximate surface area is 172 Å². The summed E-state index contributed by atoms with van der Waals surface area (Å²) in [5, 5.41) is 18.8. The quantitative estimate of drug-likeness (QED) is 0.454. The normalized spacial score (nSPS) is 11.0. The summed E-state index contributed by atoms with van der Waals surface area (Å²) in [6.07, 6.45) is 0. The summed E-state index contributed by atoms with van der Waals surface area (Å²) in [7, 11) is 1.52. The van der Waals surface area contributed by atoms with Crippen LogP contribution in [0.4, 0.5) is 26.4 Å². The minimum absolute atomic E-state index is 0.0120. The van der Waals surface area contributed by atoms with Crippen LogP contribution in [0.25, 0.3) is 0 Å². The van der Waals surface area contributed by atoms with Gasteiger partial charge in [-0.3, -0.25) is 10.2 Å². The summed E-state index contributed by atoms with van der Waals surface area (Å²) in [6, 6.07) is 12.0. The number of anilines is 2. The van der Waals surface area contributed by atoms with Crippen molar-refractivity contribution in [3.63, 3.8) is 0 Å². The number of carbonyl (C=O) groups is 1. The van der Waals surface area contributed by atoms with Crippen molar-refractivity contribution < 1.29 is 13.8 Å². The third-order valence-electron chi connectivity index (χ3n) is 3.78. The minimum Gasteiger partial charge on any atom is -0.382 e. The molecule has 3 aromatic rings. The largest absolute Gasteiger partial charge is 0.382 e. The molecule has 0 spiro atoms. The molecule has 2 amide bonds. The molecule has 0 aliphatic carbocycles. The fourth-order valence-corrected chi connectivity index (χ4v) is 2.64. The van der Waals surface area contributed by atoms with Crippen LogP contribution in [0.15, 0.2) is 56.6 Å². The van der Waals surface area contributed by atoms with Crippen LogP contribution in [-0.4, -0.2) is 29.2 Å². The molecular weight excluding hydrogens is 445 g/mol. The first-order chi connectivity index (χ1) is 13.9. The van der Waals surface area contributed by atoms with E-state index in [2.05, 4.69) is 41.2 Å². The third kappa shape index (κ3) is 4.56. The number of aromatic nitrogens is 2. The van der Waals surface area contributed by atoms with Gasteiger partial charge in [0.1, 0.15) is 5.82 Å². The molecule has 0 fully saturated rings. The van der Waals surface area contributed by atoms with Crippen molar-refractivity contribution in [2.75, 3.05) is 17.3 Å². The van der Waals surface area contributed by atoms with Gasteiger partial charge in [-0.2, -0.15) is 5.26 Å². The zero-order valence-electron chi connectivity index (χ0n) is 14.9. The molecule has 146 valence electrons. The Balaban J connectivity index is 1.80. The summed E-state index contributed by atoms with van der Waals surface area (Å²) >= 11 is 3.07. The molecule has 0 atom stereocenters. The van der Waals surface area contributed by atoms with E-state index >= 15 is 0 Å². The van der Waals surface area contributed by atoms with Crippen LogP contribution in [0.3, 0.4) is 0 Å². The average Bonchev–Trinajstić information content (AvgIpc) is 3.18. The van der Waals surface area contributed by atoms with E-state index in [1.165, 1.54) is 30.1 Å². The number of amidine groups is 1. The van der Waals surface area contributed by atoms with E-state index in [0.717, 1.165) is 0 Å². The number of nitriles is 1. The van der Waals surface area contributed by atoms with Crippen LogP contribution < -0.4 is 16.0 Å². The predicted octanol–water partition coefficient (Wildman–Crippen LogP) is 3.55. The zero-order chi connectivity index (χ0) is 21.0. The van der Waals surface area contributed by atoms with Gasteiger partial charge in [-0.05, 0) is 62.6 Å². The highest BCUT2D eigenvalue weighted by atomic mass is 79.9. The topological polar surface area (TPSA) is 133 Å². The minimum atomic E-state index is -0.561. The summed E-state index contributed by atoms with van der Waals surface area (Å²) in [5.74, 6) is -0.572. The van der Waals surface area contributed by atoms with E-state index in [1.807, 2.05) is 6.07 Å². The molecule has 0 saturated carbocycles. The number of nitrogens with one attached hydrogen (secondary N) is 1. The van der Waals surface area contributed by atoms with Gasteiger partial charge < -0.3 is 5.73 Å². The number of halogens is 2. The van der Waals surface area contributed by atoms with Crippen LogP contribution in [0.1, 0.15) is 11.3 Å². The van der Waals surface area contributed by atoms with Gasteiger partial charge in [-0.15, -0.1) is 0 Å². The van der Waals surface area contributed by atoms with Gasteiger partial charge in [-0.1, -0.05) is 6.07 Å². The summed E-state index contributed by atoms with van der Waals surface area (Å²) in [5.41, 5.74) is 7.22. The van der Waals surface area contributed by atoms with Crippen molar-refractivity contribution in [3.05, 3.63) is 64.0 Å². The van der Waals surface area contributed by atoms with Crippen molar-refractivity contribution in [1.29, 1.82) is 5.26 Å². The Morgan fingerprint density at radius 3 is 2.86 bits per heavy atom. The highest BCUT2D eigenvalue weighted by Crippen LogP contribution is 2.23. The van der Waals surface area contributed by atoms with E-state index in [1.54, 1.807) is 24.3 Å². The van der Waals surface area contributed by atoms with Crippen molar-refractivity contribution in [1.82, 2.24) is 10.3 Å². The van der Waals surface area contributed by atoms with E-state index in [0.29, 0.717) is 16.9 Å². The number of aliphatic imine (C=N–C) groups is 1. The molecule has 1 aromatic heterocycles. The van der Waals surface area contributed by atoms with Crippen LogP contribution in [-0.2, 0) is 0 Å². The molecule has 0 saturated heterocycles. The van der Waals surface area contributed by atoms with Gasteiger partial charge in [0.25, 0.3) is 0 Å². The zero-order valence-corrected chi connectivity index (χ0v) is 16.5. The number of nitrogens with zero attached hydrogens (tertiary/aromatic N) is 5. The molecular formula is C18H13BrFN7O2. The molecule has 0 bridgehead atoms. The molecule has 11 heteroatoms. The Morgan fingerprint density at radius 2 is 2.14 bits per heavy atom. The Kier molecular flexibility index (Phi) is 5.85. The smallest absolute Gasteiger partial charge is 0.327 e. The van der Waals surface area contributed by atoms with Gasteiger partial charge in [0.05, 0.1) is 21.8 Å². The number of rotatable bonds is 4. The first-order valence-electron chi connectivity index (χ1n) is 8.06. The lowest BCUT2D eigenvalue weighted by Crippen LogP contribution is -2.32. The van der Waals surface area contributed by atoms with Gasteiger partial charge >= 0.3 is 6.03 Å². The number of carbonyl (C=O) groups excluding carboxylic acids is 1. The van der Waals surface area contributed by atoms with Gasteiger partial charge in [-0.25, -0.2) is 18.8 Å². The third-order valence-corrected chi connectivity index (χ3v) is 4.38. The van der Waals surface area contributed by atoms with Crippen molar-refractivity contribution >= 4 is 45.0 Å². The van der Waals surface area contributed by atoms with E-state index < -0.39 is 11.8 Å². The van der Waals surface area contributed by atoms with Crippen LogP contribution in [0.5, 0.6) is 0 Å². The summed E-state index contributed by atoms with van der Waals surface area (Å²) in [6.45, 7) is 0. The van der Waals surface area contributed by atoms with Crippen molar-refractivity contribution in [2.24, 2.45) is 10.7 Å². The molecule has 3 N–H and O–H groups in total. The number of hydrogen-bond acceptors (Lipinski definition) is 6. The average molecular weight is 458 g/mol. The standard InChI is InChI=1S/C18H13BrFN7O2/c1-27(12-4-2-3-10(7-12)9-21)18(28)24-17-15(25-29-26-17)16(22)23-11-5-6-14(20)13(19)8-11/h2-8H,1H3,(H2,22,23)(H,24,26,28). The molecule has 0 aliphatic heterocycles. The molecule has 0 radical (unpaired) electrons. The van der Waals surface area contributed by atoms with Crippen LogP contribution in [0.2, 0.25) is 0 Å². The molecule has 9 nitrogen and oxygen atoms in total. The Hall–Kier alpha value is -3.78. The Bertz CT molecular complexity index is 1140. The lowest BCUT2D eigenvalue weighted by atomic mass is 10.2. The second-order valence-electron chi connectivity index (χ2n) is 5.71. The van der Waals surface area contributed by atoms with E-state index in [9.17, 15) is 9.18 Å². The summed E-state index contributed by atoms with van der Waals surface area (Å²) in [4.78, 5) is 17.9. The lowest BCUT2D eigenvalue weighted by molar-refractivity contribution is 0.257. The number of nitrogens with two attached hydrogens (primary N) is 1. The fourth-order valence-electron chi connectivity index (χ4n) is 2.27. The van der Waals surface area contributed by atoms with E-state index in [-0.39, 0.29) is 21.8 Å². The second-order valence-corrected chi connectivity index (χ2v) is 6.56. The Morgan fingerprint density at radius 1 is 1.34 bits per heavy atom. The molecule has 0 aliphatic rings. The van der Waals surface area contributed by atoms with Gasteiger partial charge in [0.15, 0.2) is 11.5 Å². The molecule has 29 heavy (non-hydrogen) atoms. The monoisotopic (exact) mass is 457 g/mol.